The number of benzene rings is 3. The van der Waals surface area contributed by atoms with Gasteiger partial charge >= 0.3 is 0 Å². The minimum atomic E-state index is -0.886. The smallest absolute Gasteiger partial charge is 0.283 e. The van der Waals surface area contributed by atoms with Gasteiger partial charge in [-0.2, -0.15) is 0 Å². The highest BCUT2D eigenvalue weighted by atomic mass is 16.5. The summed E-state index contributed by atoms with van der Waals surface area (Å²) in [6.45, 7) is 0. The number of hydrogen-bond donors (Lipinski definition) is 6. The number of anilines is 4. The molecule has 132 valence electrons. The molecule has 0 amide bonds. The Morgan fingerprint density at radius 3 is 1.19 bits per heavy atom. The number of rotatable bonds is 4. The summed E-state index contributed by atoms with van der Waals surface area (Å²) >= 11 is 0. The molecule has 26 heavy (non-hydrogen) atoms. The van der Waals surface area contributed by atoms with E-state index < -0.39 is 11.9 Å². The van der Waals surface area contributed by atoms with Gasteiger partial charge < -0.3 is 31.1 Å². The molecule has 0 radical (unpaired) electrons. The third kappa shape index (κ3) is 3.81. The summed E-state index contributed by atoms with van der Waals surface area (Å²) in [5.41, 5.74) is 2.04. The molecule has 0 bridgehead atoms. The van der Waals surface area contributed by atoms with E-state index in [2.05, 4.69) is 10.6 Å². The van der Waals surface area contributed by atoms with E-state index >= 15 is 0 Å². The first-order valence-corrected chi connectivity index (χ1v) is 7.87. The molecule has 0 unspecified atom stereocenters. The fraction of sp³-hybridized carbons (Fsp3) is 0. The topological polar surface area (TPSA) is 105 Å². The highest BCUT2D eigenvalue weighted by molar-refractivity contribution is 5.69. The largest absolute Gasteiger partial charge is 0.481 e. The SMILES string of the molecule is OC(O)=c1cc(Nc2ccccc2)c(=C(O)O)cc1Nc1ccccc1. The van der Waals surface area contributed by atoms with E-state index in [1.54, 1.807) is 24.3 Å². The van der Waals surface area contributed by atoms with Crippen molar-refractivity contribution in [3.63, 3.8) is 0 Å². The van der Waals surface area contributed by atoms with Gasteiger partial charge in [0.2, 0.25) is 0 Å². The minimum Gasteiger partial charge on any atom is -0.481 e. The first kappa shape index (κ1) is 17.0. The van der Waals surface area contributed by atoms with E-state index in [4.69, 9.17) is 0 Å². The van der Waals surface area contributed by atoms with E-state index in [0.29, 0.717) is 22.7 Å². The molecule has 3 rings (SSSR count). The van der Waals surface area contributed by atoms with Crippen molar-refractivity contribution in [1.82, 2.24) is 0 Å². The molecule has 0 aliphatic heterocycles. The molecule has 6 N–H and O–H groups in total. The van der Waals surface area contributed by atoms with Gasteiger partial charge in [-0.15, -0.1) is 0 Å². The quantitative estimate of drug-likeness (QED) is 0.430. The van der Waals surface area contributed by atoms with Gasteiger partial charge in [-0.05, 0) is 36.4 Å². The Bertz CT molecular complexity index is 926. The van der Waals surface area contributed by atoms with E-state index in [1.165, 1.54) is 12.1 Å². The Kier molecular flexibility index (Phi) is 4.85. The van der Waals surface area contributed by atoms with E-state index in [0.717, 1.165) is 0 Å². The summed E-state index contributed by atoms with van der Waals surface area (Å²) in [6.07, 6.45) is 0. The zero-order valence-electron chi connectivity index (χ0n) is 13.7. The molecule has 0 fully saturated rings. The lowest BCUT2D eigenvalue weighted by Gasteiger charge is -2.12. The molecule has 0 aromatic heterocycles. The number of aliphatic hydroxyl groups excluding tert-OH is 2. The predicted molar refractivity (Wildman–Crippen MR) is 102 cm³/mol. The first-order valence-electron chi connectivity index (χ1n) is 7.87. The molecule has 0 aliphatic carbocycles. The molecule has 3 aromatic rings. The second kappa shape index (κ2) is 7.40. The maximum Gasteiger partial charge on any atom is 0.283 e. The molecule has 6 heteroatoms. The summed E-state index contributed by atoms with van der Waals surface area (Å²) in [5.74, 6) is -1.77. The highest BCUT2D eigenvalue weighted by Gasteiger charge is 2.09. The Morgan fingerprint density at radius 2 is 0.885 bits per heavy atom. The fourth-order valence-corrected chi connectivity index (χ4v) is 2.53. The molecule has 0 aliphatic rings. The van der Waals surface area contributed by atoms with Crippen molar-refractivity contribution in [3.8, 4) is 0 Å². The number of nitrogens with one attached hydrogen (secondary N) is 2. The molecular formula is C20H18N2O4. The van der Waals surface area contributed by atoms with Crippen LogP contribution in [0.1, 0.15) is 0 Å². The van der Waals surface area contributed by atoms with Crippen LogP contribution < -0.4 is 21.1 Å². The van der Waals surface area contributed by atoms with Crippen LogP contribution in [-0.4, -0.2) is 20.4 Å². The van der Waals surface area contributed by atoms with Crippen molar-refractivity contribution < 1.29 is 20.4 Å². The van der Waals surface area contributed by atoms with Gasteiger partial charge in [0, 0.05) is 11.4 Å². The second-order valence-corrected chi connectivity index (χ2v) is 5.57. The monoisotopic (exact) mass is 350 g/mol. The van der Waals surface area contributed by atoms with Crippen molar-refractivity contribution in [1.29, 1.82) is 0 Å². The van der Waals surface area contributed by atoms with Gasteiger partial charge in [-0.1, -0.05) is 36.4 Å². The van der Waals surface area contributed by atoms with Crippen LogP contribution in [0.25, 0.3) is 11.9 Å². The molecule has 6 nitrogen and oxygen atoms in total. The molecule has 0 saturated heterocycles. The van der Waals surface area contributed by atoms with Gasteiger partial charge in [-0.25, -0.2) is 0 Å². The third-order valence-electron chi connectivity index (χ3n) is 3.75. The lowest BCUT2D eigenvalue weighted by molar-refractivity contribution is 0.296. The maximum atomic E-state index is 9.68. The first-order chi connectivity index (χ1) is 12.5. The van der Waals surface area contributed by atoms with E-state index in [-0.39, 0.29) is 10.4 Å². The van der Waals surface area contributed by atoms with Crippen LogP contribution in [0.15, 0.2) is 72.8 Å². The molecule has 3 aromatic carbocycles. The van der Waals surface area contributed by atoms with Crippen molar-refractivity contribution in [2.24, 2.45) is 0 Å². The molecular weight excluding hydrogens is 332 g/mol. The molecule has 0 heterocycles. The van der Waals surface area contributed by atoms with Gasteiger partial charge in [0.25, 0.3) is 11.9 Å². The summed E-state index contributed by atoms with van der Waals surface area (Å²) in [4.78, 5) is 0. The van der Waals surface area contributed by atoms with Gasteiger partial charge in [0.05, 0.1) is 21.8 Å². The minimum absolute atomic E-state index is 0.109. The van der Waals surface area contributed by atoms with Crippen LogP contribution in [0, 0.1) is 0 Å². The van der Waals surface area contributed by atoms with Crippen LogP contribution in [0.2, 0.25) is 0 Å². The predicted octanol–water partition coefficient (Wildman–Crippen LogP) is 3.54. The van der Waals surface area contributed by atoms with Crippen molar-refractivity contribution >= 4 is 34.6 Å². The van der Waals surface area contributed by atoms with Crippen molar-refractivity contribution in [2.45, 2.75) is 0 Å². The van der Waals surface area contributed by atoms with Crippen LogP contribution in [0.5, 0.6) is 0 Å². The molecule has 0 spiro atoms. The Labute approximate surface area is 149 Å². The van der Waals surface area contributed by atoms with Gasteiger partial charge in [0.1, 0.15) is 0 Å². The maximum absolute atomic E-state index is 9.68. The number of para-hydroxylation sites is 2. The van der Waals surface area contributed by atoms with Crippen LogP contribution in [-0.2, 0) is 0 Å². The van der Waals surface area contributed by atoms with Gasteiger partial charge in [-0.3, -0.25) is 0 Å². The number of hydrogen-bond acceptors (Lipinski definition) is 6. The average molecular weight is 350 g/mol. The fourth-order valence-electron chi connectivity index (χ4n) is 2.53. The summed E-state index contributed by atoms with van der Waals surface area (Å²) in [5, 5.41) is 45.0. The van der Waals surface area contributed by atoms with Gasteiger partial charge in [0.15, 0.2) is 0 Å². The van der Waals surface area contributed by atoms with E-state index in [1.807, 2.05) is 36.4 Å². The van der Waals surface area contributed by atoms with Crippen LogP contribution >= 0.6 is 0 Å². The Hall–Kier alpha value is -3.80. The number of aliphatic hydroxyl groups is 4. The Balaban J connectivity index is 2.14. The highest BCUT2D eigenvalue weighted by Crippen LogP contribution is 2.16. The second-order valence-electron chi connectivity index (χ2n) is 5.57. The Morgan fingerprint density at radius 1 is 0.538 bits per heavy atom. The van der Waals surface area contributed by atoms with Crippen molar-refractivity contribution in [3.05, 3.63) is 83.2 Å². The van der Waals surface area contributed by atoms with Crippen molar-refractivity contribution in [2.75, 3.05) is 10.6 Å². The third-order valence-corrected chi connectivity index (χ3v) is 3.75. The summed E-state index contributed by atoms with van der Waals surface area (Å²) < 4.78 is 0. The standard InChI is InChI=1S/C20H18N2O4/c23-19(24)15-12-18(22-14-9-5-2-6-10-14)16(20(25)26)11-17(15)21-13-7-3-1-4-8-13/h1-12,21-26H. The van der Waals surface area contributed by atoms with E-state index in [9.17, 15) is 20.4 Å². The zero-order valence-corrected chi connectivity index (χ0v) is 13.7. The summed E-state index contributed by atoms with van der Waals surface area (Å²) in [7, 11) is 0. The lowest BCUT2D eigenvalue weighted by Crippen LogP contribution is -2.21. The summed E-state index contributed by atoms with van der Waals surface area (Å²) in [6, 6.07) is 21.1. The molecule has 0 atom stereocenters. The normalized spacial score (nSPS) is 10.2. The van der Waals surface area contributed by atoms with Crippen LogP contribution in [0.4, 0.5) is 22.7 Å². The van der Waals surface area contributed by atoms with Crippen LogP contribution in [0.3, 0.4) is 0 Å². The molecule has 0 saturated carbocycles. The lowest BCUT2D eigenvalue weighted by atomic mass is 10.1. The average Bonchev–Trinajstić information content (AvgIpc) is 2.64. The zero-order chi connectivity index (χ0) is 18.5.